The molecule has 5 nitrogen and oxygen atoms in total. The van der Waals surface area contributed by atoms with Crippen molar-refractivity contribution >= 4 is 21.5 Å². The van der Waals surface area contributed by atoms with E-state index in [1.807, 2.05) is 0 Å². The van der Waals surface area contributed by atoms with Crippen molar-refractivity contribution in [3.05, 3.63) is 24.3 Å². The molecular formula is C13H15F2NO4S. The fraction of sp³-hybridized carbons (Fsp3) is 0.462. The number of carbonyl (C=O) groups is 1. The molecule has 116 valence electrons. The second-order valence-corrected chi connectivity index (χ2v) is 6.93. The third kappa shape index (κ3) is 3.90. The van der Waals surface area contributed by atoms with E-state index in [1.165, 1.54) is 12.1 Å². The highest BCUT2D eigenvalue weighted by molar-refractivity contribution is 7.91. The molecule has 1 saturated carbocycles. The number of hydrogen-bond donors (Lipinski definition) is 2. The summed E-state index contributed by atoms with van der Waals surface area (Å²) < 4.78 is 47.4. The lowest BCUT2D eigenvalue weighted by atomic mass is 10.1. The van der Waals surface area contributed by atoms with Gasteiger partial charge < -0.3 is 10.4 Å². The number of rotatable bonds is 7. The normalized spacial score (nSPS) is 16.7. The fourth-order valence-electron chi connectivity index (χ4n) is 2.08. The molecule has 1 aromatic carbocycles. The van der Waals surface area contributed by atoms with E-state index >= 15 is 0 Å². The Morgan fingerprint density at radius 1 is 1.29 bits per heavy atom. The van der Waals surface area contributed by atoms with Gasteiger partial charge in [-0.25, -0.2) is 8.42 Å². The summed E-state index contributed by atoms with van der Waals surface area (Å²) in [6.45, 7) is 0. The number of carboxylic acids is 1. The Morgan fingerprint density at radius 2 is 1.86 bits per heavy atom. The van der Waals surface area contributed by atoms with E-state index in [1.54, 1.807) is 0 Å². The van der Waals surface area contributed by atoms with Gasteiger partial charge in [0.1, 0.15) is 0 Å². The van der Waals surface area contributed by atoms with Crippen LogP contribution in [0.4, 0.5) is 14.5 Å². The molecule has 21 heavy (non-hydrogen) atoms. The first-order valence-corrected chi connectivity index (χ1v) is 7.96. The Morgan fingerprint density at radius 3 is 2.29 bits per heavy atom. The van der Waals surface area contributed by atoms with Crippen LogP contribution in [0.1, 0.15) is 19.3 Å². The molecule has 1 atom stereocenters. The molecule has 1 unspecified atom stereocenters. The number of carboxylic acid groups (broad SMARTS) is 1. The summed E-state index contributed by atoms with van der Waals surface area (Å²) in [6, 6.07) is 4.68. The number of anilines is 1. The lowest BCUT2D eigenvalue weighted by Crippen LogP contribution is -2.25. The molecule has 1 aromatic rings. The molecule has 0 radical (unpaired) electrons. The summed E-state index contributed by atoms with van der Waals surface area (Å²) in [5, 5.41) is 11.9. The molecule has 1 aliphatic rings. The molecule has 1 fully saturated rings. The zero-order chi connectivity index (χ0) is 15.6. The predicted molar refractivity (Wildman–Crippen MR) is 72.0 cm³/mol. The van der Waals surface area contributed by atoms with Gasteiger partial charge in [-0.05, 0) is 43.0 Å². The van der Waals surface area contributed by atoms with Gasteiger partial charge in [0.2, 0.25) is 9.84 Å². The Bertz CT molecular complexity index is 612. The SMILES string of the molecule is O=C(O)CC(Nc1ccc(S(=O)(=O)C(F)F)cc1)C1CC1. The van der Waals surface area contributed by atoms with Gasteiger partial charge in [0.25, 0.3) is 0 Å². The van der Waals surface area contributed by atoms with Crippen LogP contribution in [0, 0.1) is 5.92 Å². The predicted octanol–water partition coefficient (Wildman–Crippen LogP) is 2.35. The van der Waals surface area contributed by atoms with Crippen molar-refractivity contribution in [2.45, 2.75) is 36.0 Å². The molecule has 0 aliphatic heterocycles. The average molecular weight is 319 g/mol. The van der Waals surface area contributed by atoms with E-state index < -0.39 is 26.5 Å². The van der Waals surface area contributed by atoms with Crippen LogP contribution >= 0.6 is 0 Å². The number of sulfone groups is 1. The minimum absolute atomic E-state index is 0.0399. The number of benzene rings is 1. The molecule has 0 saturated heterocycles. The minimum atomic E-state index is -4.60. The first-order chi connectivity index (χ1) is 9.80. The first kappa shape index (κ1) is 15.7. The quantitative estimate of drug-likeness (QED) is 0.806. The number of hydrogen-bond acceptors (Lipinski definition) is 4. The number of aliphatic carboxylic acids is 1. The van der Waals surface area contributed by atoms with Gasteiger partial charge in [-0.1, -0.05) is 0 Å². The van der Waals surface area contributed by atoms with E-state index in [9.17, 15) is 22.0 Å². The molecular weight excluding hydrogens is 304 g/mol. The van der Waals surface area contributed by atoms with Crippen LogP contribution in [-0.4, -0.2) is 31.3 Å². The maximum absolute atomic E-state index is 12.4. The van der Waals surface area contributed by atoms with Gasteiger partial charge in [0.05, 0.1) is 11.3 Å². The largest absolute Gasteiger partial charge is 0.481 e. The van der Waals surface area contributed by atoms with E-state index in [2.05, 4.69) is 5.32 Å². The summed E-state index contributed by atoms with van der Waals surface area (Å²) in [7, 11) is -4.60. The molecule has 0 aromatic heterocycles. The Kier molecular flexibility index (Phi) is 4.46. The monoisotopic (exact) mass is 319 g/mol. The van der Waals surface area contributed by atoms with E-state index in [0.29, 0.717) is 5.69 Å². The van der Waals surface area contributed by atoms with E-state index in [0.717, 1.165) is 25.0 Å². The lowest BCUT2D eigenvalue weighted by molar-refractivity contribution is -0.137. The molecule has 1 aliphatic carbocycles. The van der Waals surface area contributed by atoms with Gasteiger partial charge >= 0.3 is 11.7 Å². The van der Waals surface area contributed by atoms with Crippen molar-refractivity contribution in [1.29, 1.82) is 0 Å². The molecule has 8 heteroatoms. The topological polar surface area (TPSA) is 83.5 Å². The van der Waals surface area contributed by atoms with Gasteiger partial charge in [-0.15, -0.1) is 0 Å². The Balaban J connectivity index is 2.10. The fourth-order valence-corrected chi connectivity index (χ4v) is 2.80. The minimum Gasteiger partial charge on any atom is -0.481 e. The second kappa shape index (κ2) is 5.97. The van der Waals surface area contributed by atoms with Crippen LogP contribution in [0.5, 0.6) is 0 Å². The molecule has 2 rings (SSSR count). The van der Waals surface area contributed by atoms with Crippen molar-refractivity contribution < 1.29 is 27.1 Å². The maximum Gasteiger partial charge on any atom is 0.341 e. The average Bonchev–Trinajstić information content (AvgIpc) is 3.22. The maximum atomic E-state index is 12.4. The summed E-state index contributed by atoms with van der Waals surface area (Å²) >= 11 is 0. The summed E-state index contributed by atoms with van der Waals surface area (Å²) in [5.74, 6) is -4.09. The Labute approximate surface area is 120 Å². The highest BCUT2D eigenvalue weighted by atomic mass is 32.2. The van der Waals surface area contributed by atoms with Crippen molar-refractivity contribution in [2.75, 3.05) is 5.32 Å². The Hall–Kier alpha value is -1.70. The van der Waals surface area contributed by atoms with Gasteiger partial charge in [-0.3, -0.25) is 4.79 Å². The third-order valence-electron chi connectivity index (χ3n) is 3.36. The molecule has 0 spiro atoms. The smallest absolute Gasteiger partial charge is 0.341 e. The van der Waals surface area contributed by atoms with Crippen molar-refractivity contribution in [1.82, 2.24) is 0 Å². The summed E-state index contributed by atoms with van der Waals surface area (Å²) in [6.07, 6.45) is 1.85. The van der Waals surface area contributed by atoms with Crippen molar-refractivity contribution in [3.8, 4) is 0 Å². The highest BCUT2D eigenvalue weighted by Gasteiger charge is 2.32. The summed E-state index contributed by atoms with van der Waals surface area (Å²) in [5.41, 5.74) is 0.515. The van der Waals surface area contributed by atoms with Gasteiger partial charge in [0, 0.05) is 11.7 Å². The molecule has 0 bridgehead atoms. The highest BCUT2D eigenvalue weighted by Crippen LogP contribution is 2.35. The second-order valence-electron chi connectivity index (χ2n) is 5.02. The zero-order valence-electron chi connectivity index (χ0n) is 11.0. The molecule has 0 heterocycles. The van der Waals surface area contributed by atoms with Crippen LogP contribution in [0.3, 0.4) is 0 Å². The zero-order valence-corrected chi connectivity index (χ0v) is 11.8. The van der Waals surface area contributed by atoms with Crippen LogP contribution < -0.4 is 5.32 Å². The van der Waals surface area contributed by atoms with Gasteiger partial charge in [-0.2, -0.15) is 8.78 Å². The molecule has 0 amide bonds. The summed E-state index contributed by atoms with van der Waals surface area (Å²) in [4.78, 5) is 10.3. The number of alkyl halides is 2. The van der Waals surface area contributed by atoms with Crippen molar-refractivity contribution in [3.63, 3.8) is 0 Å². The lowest BCUT2D eigenvalue weighted by Gasteiger charge is -2.17. The van der Waals surface area contributed by atoms with Crippen molar-refractivity contribution in [2.24, 2.45) is 5.92 Å². The third-order valence-corrected chi connectivity index (χ3v) is 4.75. The van der Waals surface area contributed by atoms with E-state index in [4.69, 9.17) is 5.11 Å². The van der Waals surface area contributed by atoms with Gasteiger partial charge in [0.15, 0.2) is 0 Å². The number of halogens is 2. The van der Waals surface area contributed by atoms with E-state index in [-0.39, 0.29) is 18.4 Å². The standard InChI is InChI=1S/C13H15F2NO4S/c14-13(15)21(19,20)10-5-3-9(4-6-10)16-11(7-12(17)18)8-1-2-8/h3-6,8,11,13,16H,1-2,7H2,(H,17,18). The van der Waals surface area contributed by atoms with Crippen LogP contribution in [0.2, 0.25) is 0 Å². The molecule has 2 N–H and O–H groups in total. The van der Waals surface area contributed by atoms with Crippen LogP contribution in [-0.2, 0) is 14.6 Å². The number of nitrogens with one attached hydrogen (secondary N) is 1. The van der Waals surface area contributed by atoms with Crippen LogP contribution in [0.15, 0.2) is 29.2 Å². The first-order valence-electron chi connectivity index (χ1n) is 6.41. The van der Waals surface area contributed by atoms with Crippen LogP contribution in [0.25, 0.3) is 0 Å².